The Hall–Kier alpha value is -0.770. The van der Waals surface area contributed by atoms with E-state index in [1.807, 2.05) is 18.2 Å². The van der Waals surface area contributed by atoms with E-state index in [0.717, 1.165) is 31.0 Å². The average Bonchev–Trinajstić information content (AvgIpc) is 2.73. The molecule has 0 bridgehead atoms. The van der Waals surface area contributed by atoms with Crippen LogP contribution in [0.5, 0.6) is 5.75 Å². The van der Waals surface area contributed by atoms with Crippen molar-refractivity contribution in [3.8, 4) is 5.75 Å². The van der Waals surface area contributed by atoms with Crippen molar-refractivity contribution in [1.82, 2.24) is 4.90 Å². The maximum absolute atomic E-state index is 6.13. The largest absolute Gasteiger partial charge is 0.492 e. The van der Waals surface area contributed by atoms with Crippen LogP contribution >= 0.6 is 11.6 Å². The summed E-state index contributed by atoms with van der Waals surface area (Å²) in [7, 11) is 2.14. The SMILES string of the molecule is CN1CCC(COc2ccc(CN)cc2Cl)C1. The molecule has 0 amide bonds. The molecule has 1 unspecified atom stereocenters. The second kappa shape index (κ2) is 5.71. The monoisotopic (exact) mass is 254 g/mol. The first-order chi connectivity index (χ1) is 8.19. The van der Waals surface area contributed by atoms with E-state index in [-0.39, 0.29) is 0 Å². The molecule has 1 aromatic carbocycles. The summed E-state index contributed by atoms with van der Waals surface area (Å²) in [6.07, 6.45) is 1.20. The summed E-state index contributed by atoms with van der Waals surface area (Å²) in [6.45, 7) is 3.52. The Morgan fingerprint density at radius 1 is 1.53 bits per heavy atom. The Labute approximate surface area is 107 Å². The van der Waals surface area contributed by atoms with Gasteiger partial charge in [0.05, 0.1) is 11.6 Å². The van der Waals surface area contributed by atoms with Gasteiger partial charge in [-0.1, -0.05) is 17.7 Å². The zero-order valence-electron chi connectivity index (χ0n) is 10.2. The van der Waals surface area contributed by atoms with Crippen LogP contribution in [0.25, 0.3) is 0 Å². The zero-order chi connectivity index (χ0) is 12.3. The second-order valence-electron chi connectivity index (χ2n) is 4.70. The van der Waals surface area contributed by atoms with Crippen molar-refractivity contribution in [2.24, 2.45) is 11.7 Å². The fraction of sp³-hybridized carbons (Fsp3) is 0.538. The maximum Gasteiger partial charge on any atom is 0.137 e. The number of rotatable bonds is 4. The van der Waals surface area contributed by atoms with Gasteiger partial charge in [-0.15, -0.1) is 0 Å². The highest BCUT2D eigenvalue weighted by Crippen LogP contribution is 2.26. The number of benzene rings is 1. The first kappa shape index (κ1) is 12.7. The van der Waals surface area contributed by atoms with Gasteiger partial charge in [-0.25, -0.2) is 0 Å². The molecule has 2 N–H and O–H groups in total. The topological polar surface area (TPSA) is 38.5 Å². The molecule has 1 aromatic rings. The van der Waals surface area contributed by atoms with E-state index >= 15 is 0 Å². The molecule has 0 aromatic heterocycles. The second-order valence-corrected chi connectivity index (χ2v) is 5.10. The molecule has 94 valence electrons. The lowest BCUT2D eigenvalue weighted by Crippen LogP contribution is -2.18. The number of likely N-dealkylation sites (tertiary alicyclic amines) is 1. The number of ether oxygens (including phenoxy) is 1. The summed E-state index contributed by atoms with van der Waals surface area (Å²) < 4.78 is 5.77. The minimum atomic E-state index is 0.507. The average molecular weight is 255 g/mol. The summed E-state index contributed by atoms with van der Waals surface area (Å²) >= 11 is 6.13. The summed E-state index contributed by atoms with van der Waals surface area (Å²) in [4.78, 5) is 2.33. The maximum atomic E-state index is 6.13. The Bertz CT molecular complexity index is 384. The van der Waals surface area contributed by atoms with Gasteiger partial charge in [-0.2, -0.15) is 0 Å². The molecule has 0 radical (unpaired) electrons. The van der Waals surface area contributed by atoms with Crippen molar-refractivity contribution in [1.29, 1.82) is 0 Å². The van der Waals surface area contributed by atoms with Crippen molar-refractivity contribution in [3.63, 3.8) is 0 Å². The Morgan fingerprint density at radius 3 is 2.94 bits per heavy atom. The van der Waals surface area contributed by atoms with Crippen molar-refractivity contribution < 1.29 is 4.74 Å². The summed E-state index contributed by atoms with van der Waals surface area (Å²) in [6, 6.07) is 5.74. The molecular weight excluding hydrogens is 236 g/mol. The molecule has 0 spiro atoms. The highest BCUT2D eigenvalue weighted by Gasteiger charge is 2.20. The summed E-state index contributed by atoms with van der Waals surface area (Å²) in [5, 5.41) is 0.652. The van der Waals surface area contributed by atoms with E-state index in [9.17, 15) is 0 Å². The molecule has 17 heavy (non-hydrogen) atoms. The molecular formula is C13H19ClN2O. The van der Waals surface area contributed by atoms with Gasteiger partial charge in [0.1, 0.15) is 5.75 Å². The number of hydrogen-bond acceptors (Lipinski definition) is 3. The third-order valence-corrected chi connectivity index (χ3v) is 3.49. The predicted molar refractivity (Wildman–Crippen MR) is 70.4 cm³/mol. The van der Waals surface area contributed by atoms with Gasteiger partial charge in [-0.3, -0.25) is 0 Å². The Kier molecular flexibility index (Phi) is 4.26. The third kappa shape index (κ3) is 3.35. The molecule has 1 aliphatic rings. The minimum Gasteiger partial charge on any atom is -0.492 e. The van der Waals surface area contributed by atoms with Gasteiger partial charge in [-0.05, 0) is 37.7 Å². The molecule has 4 heteroatoms. The smallest absolute Gasteiger partial charge is 0.137 e. The van der Waals surface area contributed by atoms with Crippen LogP contribution in [0.15, 0.2) is 18.2 Å². The molecule has 3 nitrogen and oxygen atoms in total. The van der Waals surface area contributed by atoms with E-state index in [1.54, 1.807) is 0 Å². The lowest BCUT2D eigenvalue weighted by Gasteiger charge is -2.13. The van der Waals surface area contributed by atoms with Crippen LogP contribution in [0.2, 0.25) is 5.02 Å². The van der Waals surface area contributed by atoms with Crippen LogP contribution in [0, 0.1) is 5.92 Å². The van der Waals surface area contributed by atoms with Crippen LogP contribution in [-0.4, -0.2) is 31.6 Å². The van der Waals surface area contributed by atoms with E-state index in [1.165, 1.54) is 6.42 Å². The van der Waals surface area contributed by atoms with Crippen molar-refractivity contribution in [2.75, 3.05) is 26.7 Å². The van der Waals surface area contributed by atoms with Gasteiger partial charge in [0.2, 0.25) is 0 Å². The molecule has 1 aliphatic heterocycles. The molecule has 1 saturated heterocycles. The van der Waals surface area contributed by atoms with E-state index < -0.39 is 0 Å². The van der Waals surface area contributed by atoms with Gasteiger partial charge < -0.3 is 15.4 Å². The molecule has 1 atom stereocenters. The zero-order valence-corrected chi connectivity index (χ0v) is 10.9. The van der Waals surface area contributed by atoms with Crippen LogP contribution in [-0.2, 0) is 6.54 Å². The normalized spacial score (nSPS) is 20.8. The number of nitrogens with two attached hydrogens (primary N) is 1. The van der Waals surface area contributed by atoms with E-state index in [2.05, 4.69) is 11.9 Å². The van der Waals surface area contributed by atoms with Gasteiger partial charge in [0.25, 0.3) is 0 Å². The number of halogens is 1. The standard InChI is InChI=1S/C13H19ClN2O/c1-16-5-4-11(8-16)9-17-13-3-2-10(7-15)6-12(13)14/h2-3,6,11H,4-5,7-9,15H2,1H3. The predicted octanol–water partition coefficient (Wildman–Crippen LogP) is 2.13. The first-order valence-electron chi connectivity index (χ1n) is 5.99. The quantitative estimate of drug-likeness (QED) is 0.895. The number of nitrogens with zero attached hydrogens (tertiary/aromatic N) is 1. The Balaban J connectivity index is 1.90. The lowest BCUT2D eigenvalue weighted by molar-refractivity contribution is 0.249. The first-order valence-corrected chi connectivity index (χ1v) is 6.36. The highest BCUT2D eigenvalue weighted by atomic mass is 35.5. The number of hydrogen-bond donors (Lipinski definition) is 1. The summed E-state index contributed by atoms with van der Waals surface area (Å²) in [5.41, 5.74) is 6.58. The van der Waals surface area contributed by atoms with Crippen LogP contribution in [0.3, 0.4) is 0 Å². The van der Waals surface area contributed by atoms with Gasteiger partial charge >= 0.3 is 0 Å². The van der Waals surface area contributed by atoms with Crippen molar-refractivity contribution in [2.45, 2.75) is 13.0 Å². The minimum absolute atomic E-state index is 0.507. The Morgan fingerprint density at radius 2 is 2.35 bits per heavy atom. The van der Waals surface area contributed by atoms with Gasteiger partial charge in [0, 0.05) is 19.0 Å². The molecule has 1 fully saturated rings. The highest BCUT2D eigenvalue weighted by molar-refractivity contribution is 6.32. The molecule has 0 saturated carbocycles. The van der Waals surface area contributed by atoms with Crippen LogP contribution in [0.1, 0.15) is 12.0 Å². The van der Waals surface area contributed by atoms with Crippen LogP contribution in [0.4, 0.5) is 0 Å². The molecule has 0 aliphatic carbocycles. The van der Waals surface area contributed by atoms with Crippen molar-refractivity contribution in [3.05, 3.63) is 28.8 Å². The lowest BCUT2D eigenvalue weighted by atomic mass is 10.1. The summed E-state index contributed by atoms with van der Waals surface area (Å²) in [5.74, 6) is 1.38. The molecule has 1 heterocycles. The fourth-order valence-electron chi connectivity index (χ4n) is 2.16. The fourth-order valence-corrected chi connectivity index (χ4v) is 2.42. The van der Waals surface area contributed by atoms with Crippen LogP contribution < -0.4 is 10.5 Å². The van der Waals surface area contributed by atoms with E-state index in [0.29, 0.717) is 17.5 Å². The molecule has 2 rings (SSSR count). The van der Waals surface area contributed by atoms with Crippen molar-refractivity contribution >= 4 is 11.6 Å². The van der Waals surface area contributed by atoms with E-state index in [4.69, 9.17) is 22.1 Å². The van der Waals surface area contributed by atoms with Gasteiger partial charge in [0.15, 0.2) is 0 Å². The third-order valence-electron chi connectivity index (χ3n) is 3.20.